The van der Waals surface area contributed by atoms with Gasteiger partial charge in [0.2, 0.25) is 5.91 Å². The molecule has 0 radical (unpaired) electrons. The highest BCUT2D eigenvalue weighted by molar-refractivity contribution is 7.09. The maximum Gasteiger partial charge on any atom is 0.227 e. The Morgan fingerprint density at radius 3 is 2.84 bits per heavy atom. The minimum atomic E-state index is -0.0694. The molecule has 0 aromatic carbocycles. The average molecular weight is 359 g/mol. The van der Waals surface area contributed by atoms with E-state index in [9.17, 15) is 4.79 Å². The van der Waals surface area contributed by atoms with Crippen LogP contribution >= 0.6 is 11.3 Å². The number of nitrogens with one attached hydrogen (secondary N) is 3. The molecular weight excluding hydrogens is 334 g/mol. The normalized spacial score (nSPS) is 11.2. The topological polar surface area (TPSA) is 78.4 Å². The number of hydrogen-bond donors (Lipinski definition) is 3. The SMILES string of the molecule is CCNC(=NCCc1cccs1)NCCC(=O)Nc1cccc(C)n1. The Bertz CT molecular complexity index is 685. The van der Waals surface area contributed by atoms with Crippen molar-refractivity contribution in [3.8, 4) is 0 Å². The lowest BCUT2D eigenvalue weighted by atomic mass is 10.3. The van der Waals surface area contributed by atoms with Gasteiger partial charge in [0, 0.05) is 43.0 Å². The van der Waals surface area contributed by atoms with Crippen LogP contribution in [0.25, 0.3) is 0 Å². The van der Waals surface area contributed by atoms with Crippen molar-refractivity contribution in [3.05, 3.63) is 46.3 Å². The Morgan fingerprint density at radius 2 is 2.12 bits per heavy atom. The fourth-order valence-electron chi connectivity index (χ4n) is 2.19. The van der Waals surface area contributed by atoms with Gasteiger partial charge in [-0.15, -0.1) is 11.3 Å². The molecule has 2 heterocycles. The van der Waals surface area contributed by atoms with Crippen LogP contribution in [0.3, 0.4) is 0 Å². The summed E-state index contributed by atoms with van der Waals surface area (Å²) in [4.78, 5) is 22.1. The van der Waals surface area contributed by atoms with E-state index in [2.05, 4.69) is 43.4 Å². The third-order valence-electron chi connectivity index (χ3n) is 3.35. The predicted octanol–water partition coefficient (Wildman–Crippen LogP) is 2.58. The van der Waals surface area contributed by atoms with Gasteiger partial charge in [-0.3, -0.25) is 9.79 Å². The van der Waals surface area contributed by atoms with Crippen molar-refractivity contribution in [1.82, 2.24) is 15.6 Å². The first-order chi connectivity index (χ1) is 12.2. The number of carbonyl (C=O) groups excluding carboxylic acids is 1. The van der Waals surface area contributed by atoms with E-state index >= 15 is 0 Å². The molecule has 134 valence electrons. The Kier molecular flexibility index (Phi) is 7.91. The number of anilines is 1. The number of hydrogen-bond acceptors (Lipinski definition) is 4. The Labute approximate surface area is 152 Å². The van der Waals surface area contributed by atoms with E-state index in [1.807, 2.05) is 26.0 Å². The smallest absolute Gasteiger partial charge is 0.227 e. The highest BCUT2D eigenvalue weighted by Gasteiger charge is 2.04. The van der Waals surface area contributed by atoms with Crippen molar-refractivity contribution < 1.29 is 4.79 Å². The van der Waals surface area contributed by atoms with Crippen LogP contribution in [0.4, 0.5) is 5.82 Å². The molecule has 1 amide bonds. The van der Waals surface area contributed by atoms with E-state index in [-0.39, 0.29) is 5.91 Å². The van der Waals surface area contributed by atoms with E-state index in [0.717, 1.165) is 31.2 Å². The third-order valence-corrected chi connectivity index (χ3v) is 4.29. The van der Waals surface area contributed by atoms with Gasteiger partial charge >= 0.3 is 0 Å². The van der Waals surface area contributed by atoms with Crippen LogP contribution < -0.4 is 16.0 Å². The number of aromatic nitrogens is 1. The molecule has 0 aliphatic carbocycles. The standard InChI is InChI=1S/C18H25N5OS/c1-3-19-18(20-11-9-15-7-5-13-25-15)21-12-10-17(24)23-16-8-4-6-14(2)22-16/h4-8,13H,3,9-12H2,1-2H3,(H2,19,20,21)(H,22,23,24). The minimum Gasteiger partial charge on any atom is -0.357 e. The lowest BCUT2D eigenvalue weighted by Crippen LogP contribution is -2.38. The monoisotopic (exact) mass is 359 g/mol. The first kappa shape index (κ1) is 18.9. The van der Waals surface area contributed by atoms with E-state index in [4.69, 9.17) is 0 Å². The number of rotatable bonds is 8. The zero-order valence-corrected chi connectivity index (χ0v) is 15.5. The fraction of sp³-hybridized carbons (Fsp3) is 0.389. The molecule has 2 aromatic heterocycles. The van der Waals surface area contributed by atoms with Gasteiger partial charge in [0.25, 0.3) is 0 Å². The molecule has 0 spiro atoms. The van der Waals surface area contributed by atoms with Gasteiger partial charge in [0.1, 0.15) is 5.82 Å². The molecule has 0 fully saturated rings. The largest absolute Gasteiger partial charge is 0.357 e. The second-order valence-corrected chi connectivity index (χ2v) is 6.51. The van der Waals surface area contributed by atoms with Crippen LogP contribution in [0, 0.1) is 6.92 Å². The summed E-state index contributed by atoms with van der Waals surface area (Å²) in [5.74, 6) is 1.25. The second-order valence-electron chi connectivity index (χ2n) is 5.48. The van der Waals surface area contributed by atoms with Gasteiger partial charge in [-0.05, 0) is 37.4 Å². The second kappa shape index (κ2) is 10.5. The van der Waals surface area contributed by atoms with Crippen LogP contribution in [0.1, 0.15) is 23.9 Å². The van der Waals surface area contributed by atoms with Crippen LogP contribution in [0.5, 0.6) is 0 Å². The van der Waals surface area contributed by atoms with Crippen molar-refractivity contribution in [1.29, 1.82) is 0 Å². The summed E-state index contributed by atoms with van der Waals surface area (Å²) >= 11 is 1.74. The van der Waals surface area contributed by atoms with Crippen molar-refractivity contribution in [3.63, 3.8) is 0 Å². The van der Waals surface area contributed by atoms with Crippen LogP contribution in [0.15, 0.2) is 40.7 Å². The quantitative estimate of drug-likeness (QED) is 0.500. The van der Waals surface area contributed by atoms with E-state index in [1.54, 1.807) is 17.4 Å². The van der Waals surface area contributed by atoms with Crippen LogP contribution in [-0.2, 0) is 11.2 Å². The van der Waals surface area contributed by atoms with Crippen molar-refractivity contribution in [2.45, 2.75) is 26.7 Å². The Morgan fingerprint density at radius 1 is 1.24 bits per heavy atom. The number of thiophene rings is 1. The molecule has 2 aromatic rings. The van der Waals surface area contributed by atoms with Gasteiger partial charge in [0.15, 0.2) is 5.96 Å². The average Bonchev–Trinajstić information content (AvgIpc) is 3.08. The minimum absolute atomic E-state index is 0.0694. The number of carbonyl (C=O) groups is 1. The number of pyridine rings is 1. The highest BCUT2D eigenvalue weighted by Crippen LogP contribution is 2.08. The molecule has 3 N–H and O–H groups in total. The van der Waals surface area contributed by atoms with Crippen molar-refractivity contribution >= 4 is 29.0 Å². The van der Waals surface area contributed by atoms with Gasteiger partial charge < -0.3 is 16.0 Å². The molecule has 2 rings (SSSR count). The summed E-state index contributed by atoms with van der Waals surface area (Å²) in [7, 11) is 0. The van der Waals surface area contributed by atoms with E-state index in [1.165, 1.54) is 4.88 Å². The summed E-state index contributed by atoms with van der Waals surface area (Å²) in [5, 5.41) is 11.3. The number of aryl methyl sites for hydroxylation is 1. The summed E-state index contributed by atoms with van der Waals surface area (Å²) < 4.78 is 0. The number of amides is 1. The third kappa shape index (κ3) is 7.34. The number of guanidine groups is 1. The zero-order valence-electron chi connectivity index (χ0n) is 14.7. The summed E-state index contributed by atoms with van der Waals surface area (Å²) in [6.07, 6.45) is 1.28. The molecule has 0 unspecified atom stereocenters. The van der Waals surface area contributed by atoms with Crippen molar-refractivity contribution in [2.75, 3.05) is 25.0 Å². The first-order valence-corrected chi connectivity index (χ1v) is 9.33. The maximum absolute atomic E-state index is 12.0. The lowest BCUT2D eigenvalue weighted by molar-refractivity contribution is -0.116. The van der Waals surface area contributed by atoms with E-state index < -0.39 is 0 Å². The predicted molar refractivity (Wildman–Crippen MR) is 104 cm³/mol. The molecule has 0 aliphatic rings. The van der Waals surface area contributed by atoms with Gasteiger partial charge in [-0.2, -0.15) is 0 Å². The molecule has 0 saturated carbocycles. The molecule has 0 atom stereocenters. The maximum atomic E-state index is 12.0. The Balaban J connectivity index is 1.73. The molecule has 0 saturated heterocycles. The summed E-state index contributed by atoms with van der Waals surface area (Å²) in [5.41, 5.74) is 0.878. The number of aliphatic imine (C=N–C) groups is 1. The summed E-state index contributed by atoms with van der Waals surface area (Å²) in [6.45, 7) is 5.93. The highest BCUT2D eigenvalue weighted by atomic mass is 32.1. The van der Waals surface area contributed by atoms with E-state index in [0.29, 0.717) is 18.8 Å². The van der Waals surface area contributed by atoms with Gasteiger partial charge in [0.05, 0.1) is 0 Å². The fourth-order valence-corrected chi connectivity index (χ4v) is 2.89. The van der Waals surface area contributed by atoms with Gasteiger partial charge in [-0.1, -0.05) is 12.1 Å². The number of nitrogens with zero attached hydrogens (tertiary/aromatic N) is 2. The van der Waals surface area contributed by atoms with Crippen LogP contribution in [-0.4, -0.2) is 36.5 Å². The van der Waals surface area contributed by atoms with Crippen molar-refractivity contribution in [2.24, 2.45) is 4.99 Å². The van der Waals surface area contributed by atoms with Crippen LogP contribution in [0.2, 0.25) is 0 Å². The molecule has 7 heteroatoms. The molecule has 0 aliphatic heterocycles. The lowest BCUT2D eigenvalue weighted by Gasteiger charge is -2.11. The summed E-state index contributed by atoms with van der Waals surface area (Å²) in [6, 6.07) is 9.72. The van der Waals surface area contributed by atoms with Gasteiger partial charge in [-0.25, -0.2) is 4.98 Å². The first-order valence-electron chi connectivity index (χ1n) is 8.45. The molecule has 6 nitrogen and oxygen atoms in total. The molecule has 0 bridgehead atoms. The zero-order chi connectivity index (χ0) is 17.9. The Hall–Kier alpha value is -2.41. The molecular formula is C18H25N5OS. The molecule has 25 heavy (non-hydrogen) atoms.